The summed E-state index contributed by atoms with van der Waals surface area (Å²) in [5, 5.41) is 11.4. The molecular formula is C31H34N2O5. The number of amides is 1. The number of furan rings is 1. The zero-order valence-corrected chi connectivity index (χ0v) is 22.1. The molecule has 2 aliphatic heterocycles. The highest BCUT2D eigenvalue weighted by molar-refractivity contribution is 6.46. The van der Waals surface area contributed by atoms with E-state index in [1.54, 1.807) is 35.2 Å². The second kappa shape index (κ2) is 10.9. The molecular weight excluding hydrogens is 480 g/mol. The van der Waals surface area contributed by atoms with Crippen LogP contribution in [0.25, 0.3) is 5.76 Å². The summed E-state index contributed by atoms with van der Waals surface area (Å²) in [7, 11) is 0. The average molecular weight is 515 g/mol. The number of hydrogen-bond donors (Lipinski definition) is 1. The van der Waals surface area contributed by atoms with Crippen molar-refractivity contribution >= 4 is 17.4 Å². The van der Waals surface area contributed by atoms with Crippen LogP contribution in [0.15, 0.2) is 76.9 Å². The normalized spacial score (nSPS) is 20.4. The molecule has 5 rings (SSSR count). The lowest BCUT2D eigenvalue weighted by atomic mass is 9.96. The Kier molecular flexibility index (Phi) is 7.38. The van der Waals surface area contributed by atoms with Gasteiger partial charge in [0.1, 0.15) is 23.3 Å². The molecule has 0 saturated carbocycles. The van der Waals surface area contributed by atoms with E-state index in [-0.39, 0.29) is 23.5 Å². The number of aliphatic hydroxyl groups is 1. The minimum Gasteiger partial charge on any atom is -0.507 e. The SMILES string of the molecule is Cc1cc(/C(O)=C2/C(=O)C(=O)N(C3CCN(Cc4ccccc4)CC3)C2c2ccco2)ccc1OC(C)C. The number of nitrogens with zero attached hydrogens (tertiary/aromatic N) is 2. The number of Topliss-reactive ketones (excluding diaryl/α,β-unsaturated/α-hetero) is 1. The summed E-state index contributed by atoms with van der Waals surface area (Å²) in [4.78, 5) is 30.8. The molecule has 1 aromatic heterocycles. The maximum atomic E-state index is 13.4. The van der Waals surface area contributed by atoms with Crippen molar-refractivity contribution in [2.45, 2.75) is 58.3 Å². The molecule has 0 radical (unpaired) electrons. The number of benzene rings is 2. The molecule has 2 aromatic carbocycles. The number of aryl methyl sites for hydroxylation is 1. The van der Waals surface area contributed by atoms with Crippen LogP contribution in [-0.4, -0.2) is 51.8 Å². The lowest BCUT2D eigenvalue weighted by molar-refractivity contribution is -0.142. The Balaban J connectivity index is 1.43. The molecule has 0 spiro atoms. The molecule has 3 heterocycles. The predicted molar refractivity (Wildman–Crippen MR) is 145 cm³/mol. The molecule has 1 amide bonds. The van der Waals surface area contributed by atoms with Gasteiger partial charge in [0.25, 0.3) is 11.7 Å². The number of carbonyl (C=O) groups excluding carboxylic acids is 2. The van der Waals surface area contributed by atoms with Gasteiger partial charge in [0, 0.05) is 31.2 Å². The molecule has 0 aliphatic carbocycles. The van der Waals surface area contributed by atoms with Crippen LogP contribution >= 0.6 is 0 Å². The van der Waals surface area contributed by atoms with Gasteiger partial charge in [0.2, 0.25) is 0 Å². The van der Waals surface area contributed by atoms with E-state index in [0.717, 1.165) is 38.0 Å². The maximum absolute atomic E-state index is 13.4. The van der Waals surface area contributed by atoms with E-state index in [2.05, 4.69) is 17.0 Å². The predicted octanol–water partition coefficient (Wildman–Crippen LogP) is 5.46. The van der Waals surface area contributed by atoms with E-state index in [9.17, 15) is 14.7 Å². The summed E-state index contributed by atoms with van der Waals surface area (Å²) in [6, 6.07) is 18.2. The second-order valence-corrected chi connectivity index (χ2v) is 10.4. The van der Waals surface area contributed by atoms with E-state index in [1.807, 2.05) is 39.0 Å². The Morgan fingerprint density at radius 3 is 2.42 bits per heavy atom. The third kappa shape index (κ3) is 5.11. The number of likely N-dealkylation sites (tertiary alicyclic amines) is 2. The highest BCUT2D eigenvalue weighted by Gasteiger charge is 2.50. The van der Waals surface area contributed by atoms with Gasteiger partial charge in [-0.15, -0.1) is 0 Å². The van der Waals surface area contributed by atoms with Gasteiger partial charge in [-0.05, 0) is 75.1 Å². The lowest BCUT2D eigenvalue weighted by Crippen LogP contribution is -2.46. The molecule has 38 heavy (non-hydrogen) atoms. The molecule has 7 heteroatoms. The number of hydrogen-bond acceptors (Lipinski definition) is 6. The number of ketones is 1. The van der Waals surface area contributed by atoms with Crippen LogP contribution < -0.4 is 4.74 Å². The maximum Gasteiger partial charge on any atom is 0.296 e. The first kappa shape index (κ1) is 25.8. The van der Waals surface area contributed by atoms with Crippen LogP contribution in [0.5, 0.6) is 5.75 Å². The van der Waals surface area contributed by atoms with Crippen molar-refractivity contribution in [3.8, 4) is 5.75 Å². The summed E-state index contributed by atoms with van der Waals surface area (Å²) < 4.78 is 11.5. The Bertz CT molecular complexity index is 1320. The van der Waals surface area contributed by atoms with Gasteiger partial charge in [-0.1, -0.05) is 30.3 Å². The summed E-state index contributed by atoms with van der Waals surface area (Å²) in [6.45, 7) is 8.26. The van der Waals surface area contributed by atoms with Crippen molar-refractivity contribution in [2.75, 3.05) is 13.1 Å². The van der Waals surface area contributed by atoms with E-state index < -0.39 is 17.7 Å². The largest absolute Gasteiger partial charge is 0.507 e. The van der Waals surface area contributed by atoms with Crippen molar-refractivity contribution < 1.29 is 23.8 Å². The summed E-state index contributed by atoms with van der Waals surface area (Å²) in [5.41, 5.74) is 2.61. The number of carbonyl (C=O) groups is 2. The molecule has 2 fully saturated rings. The fraction of sp³-hybridized carbons (Fsp3) is 0.355. The second-order valence-electron chi connectivity index (χ2n) is 10.4. The van der Waals surface area contributed by atoms with E-state index in [0.29, 0.717) is 17.1 Å². The first-order valence-corrected chi connectivity index (χ1v) is 13.2. The van der Waals surface area contributed by atoms with Gasteiger partial charge in [0.05, 0.1) is 17.9 Å². The summed E-state index contributed by atoms with van der Waals surface area (Å²) in [6.07, 6.45) is 3.01. The fourth-order valence-corrected chi connectivity index (χ4v) is 5.49. The molecule has 7 nitrogen and oxygen atoms in total. The molecule has 1 N–H and O–H groups in total. The van der Waals surface area contributed by atoms with Crippen molar-refractivity contribution in [3.05, 3.63) is 95.0 Å². The molecule has 3 aromatic rings. The van der Waals surface area contributed by atoms with Crippen molar-refractivity contribution in [1.29, 1.82) is 0 Å². The number of rotatable bonds is 7. The van der Waals surface area contributed by atoms with Crippen LogP contribution in [0.2, 0.25) is 0 Å². The first-order valence-electron chi connectivity index (χ1n) is 13.2. The molecule has 198 valence electrons. The van der Waals surface area contributed by atoms with Gasteiger partial charge in [-0.2, -0.15) is 0 Å². The van der Waals surface area contributed by atoms with Gasteiger partial charge in [0.15, 0.2) is 0 Å². The van der Waals surface area contributed by atoms with Crippen molar-refractivity contribution in [2.24, 2.45) is 0 Å². The van der Waals surface area contributed by atoms with Crippen molar-refractivity contribution in [1.82, 2.24) is 9.80 Å². The van der Waals surface area contributed by atoms with Gasteiger partial charge in [-0.25, -0.2) is 0 Å². The minimum absolute atomic E-state index is 0.0107. The van der Waals surface area contributed by atoms with Gasteiger partial charge < -0.3 is 19.2 Å². The summed E-state index contributed by atoms with van der Waals surface area (Å²) in [5.74, 6) is -0.300. The standard InChI is InChI=1S/C31H34N2O5/c1-20(2)38-25-12-11-23(18-21(25)3)29(34)27-28(26-10-7-17-37-26)33(31(36)30(27)35)24-13-15-32(16-14-24)19-22-8-5-4-6-9-22/h4-12,17-18,20,24,28,34H,13-16,19H2,1-3H3/b29-27-. The van der Waals surface area contributed by atoms with Crippen LogP contribution in [0.3, 0.4) is 0 Å². The molecule has 2 saturated heterocycles. The fourth-order valence-electron chi connectivity index (χ4n) is 5.49. The average Bonchev–Trinajstić information content (AvgIpc) is 3.53. The number of ether oxygens (including phenoxy) is 1. The van der Waals surface area contributed by atoms with Crippen LogP contribution in [0.4, 0.5) is 0 Å². The van der Waals surface area contributed by atoms with Crippen LogP contribution in [0.1, 0.15) is 55.2 Å². The van der Waals surface area contributed by atoms with Crippen LogP contribution in [-0.2, 0) is 16.1 Å². The Morgan fingerprint density at radius 2 is 1.79 bits per heavy atom. The molecule has 2 aliphatic rings. The Hall–Kier alpha value is -3.84. The van der Waals surface area contributed by atoms with E-state index >= 15 is 0 Å². The van der Waals surface area contributed by atoms with Crippen LogP contribution in [0, 0.1) is 6.92 Å². The highest BCUT2D eigenvalue weighted by atomic mass is 16.5. The lowest BCUT2D eigenvalue weighted by Gasteiger charge is -2.38. The molecule has 1 unspecified atom stereocenters. The van der Waals surface area contributed by atoms with Gasteiger partial charge in [-0.3, -0.25) is 14.5 Å². The van der Waals surface area contributed by atoms with Crippen molar-refractivity contribution in [3.63, 3.8) is 0 Å². The third-order valence-electron chi connectivity index (χ3n) is 7.30. The zero-order chi connectivity index (χ0) is 26.8. The van der Waals surface area contributed by atoms with Gasteiger partial charge >= 0.3 is 0 Å². The first-order chi connectivity index (χ1) is 18.3. The highest BCUT2D eigenvalue weighted by Crippen LogP contribution is 2.42. The Morgan fingerprint density at radius 1 is 1.05 bits per heavy atom. The number of aliphatic hydroxyl groups excluding tert-OH is 1. The summed E-state index contributed by atoms with van der Waals surface area (Å²) >= 11 is 0. The monoisotopic (exact) mass is 514 g/mol. The van der Waals surface area contributed by atoms with E-state index in [4.69, 9.17) is 9.15 Å². The quantitative estimate of drug-likeness (QED) is 0.256. The topological polar surface area (TPSA) is 83.2 Å². The zero-order valence-electron chi connectivity index (χ0n) is 22.1. The number of piperidine rings is 1. The molecule has 1 atom stereocenters. The third-order valence-corrected chi connectivity index (χ3v) is 7.30. The Labute approximate surface area is 223 Å². The minimum atomic E-state index is -0.775. The smallest absolute Gasteiger partial charge is 0.296 e. The van der Waals surface area contributed by atoms with E-state index in [1.165, 1.54) is 11.8 Å². The molecule has 0 bridgehead atoms.